The molecule has 0 aromatic heterocycles. The van der Waals surface area contributed by atoms with E-state index in [2.05, 4.69) is 5.32 Å². The van der Waals surface area contributed by atoms with Crippen LogP contribution in [0.4, 0.5) is 0 Å². The zero-order valence-electron chi connectivity index (χ0n) is 14.8. The molecule has 26 heavy (non-hydrogen) atoms. The van der Waals surface area contributed by atoms with Gasteiger partial charge in [0, 0.05) is 24.8 Å². The van der Waals surface area contributed by atoms with E-state index >= 15 is 0 Å². The molecule has 1 saturated carbocycles. The standard InChI is InChI=1S/C20H24N2O4/c23-18(21-12-15-7-4-10-26-15)13-8-9-16-17(11-13)20(25)22(19(16)24)14-5-2-1-3-6-14/h8-9,11,14-15H,1-7,10,12H2,(H,21,23)/t15-/m0/s1. The van der Waals surface area contributed by atoms with Gasteiger partial charge in [0.25, 0.3) is 17.7 Å². The van der Waals surface area contributed by atoms with Crippen LogP contribution in [0.3, 0.4) is 0 Å². The van der Waals surface area contributed by atoms with Gasteiger partial charge in [-0.25, -0.2) is 0 Å². The van der Waals surface area contributed by atoms with E-state index in [0.29, 0.717) is 23.2 Å². The van der Waals surface area contributed by atoms with Crippen LogP contribution in [0.15, 0.2) is 18.2 Å². The first-order valence-corrected chi connectivity index (χ1v) is 9.57. The van der Waals surface area contributed by atoms with Crippen molar-refractivity contribution in [2.45, 2.75) is 57.1 Å². The van der Waals surface area contributed by atoms with Crippen LogP contribution < -0.4 is 5.32 Å². The molecule has 1 saturated heterocycles. The Morgan fingerprint density at radius 2 is 1.81 bits per heavy atom. The molecule has 138 valence electrons. The fourth-order valence-electron chi connectivity index (χ4n) is 4.19. The molecule has 3 amide bonds. The Labute approximate surface area is 152 Å². The SMILES string of the molecule is O=C(NC[C@@H]1CCCO1)c1ccc2c(c1)C(=O)N(C1CCCCC1)C2=O. The summed E-state index contributed by atoms with van der Waals surface area (Å²) >= 11 is 0. The van der Waals surface area contributed by atoms with Gasteiger partial charge in [-0.3, -0.25) is 19.3 Å². The molecule has 2 heterocycles. The van der Waals surface area contributed by atoms with Crippen LogP contribution in [-0.4, -0.2) is 47.9 Å². The molecule has 1 aromatic carbocycles. The maximum absolute atomic E-state index is 12.8. The van der Waals surface area contributed by atoms with Gasteiger partial charge in [0.15, 0.2) is 0 Å². The summed E-state index contributed by atoms with van der Waals surface area (Å²) < 4.78 is 5.51. The van der Waals surface area contributed by atoms with Crippen LogP contribution in [0.25, 0.3) is 0 Å². The number of nitrogens with zero attached hydrogens (tertiary/aromatic N) is 1. The van der Waals surface area contributed by atoms with Gasteiger partial charge in [0.2, 0.25) is 0 Å². The molecule has 0 bridgehead atoms. The number of nitrogens with one attached hydrogen (secondary N) is 1. The van der Waals surface area contributed by atoms with Gasteiger partial charge in [0.1, 0.15) is 0 Å². The van der Waals surface area contributed by atoms with Gasteiger partial charge in [-0.1, -0.05) is 19.3 Å². The number of imide groups is 1. The average Bonchev–Trinajstić information content (AvgIpc) is 3.27. The minimum absolute atomic E-state index is 0.00654. The lowest BCUT2D eigenvalue weighted by Crippen LogP contribution is -2.40. The molecule has 2 aliphatic heterocycles. The van der Waals surface area contributed by atoms with Gasteiger partial charge < -0.3 is 10.1 Å². The second-order valence-electron chi connectivity index (χ2n) is 7.38. The first kappa shape index (κ1) is 17.2. The van der Waals surface area contributed by atoms with E-state index in [4.69, 9.17) is 4.74 Å². The molecule has 4 rings (SSSR count). The van der Waals surface area contributed by atoms with Crippen molar-refractivity contribution in [3.63, 3.8) is 0 Å². The lowest BCUT2D eigenvalue weighted by Gasteiger charge is -2.29. The smallest absolute Gasteiger partial charge is 0.261 e. The minimum Gasteiger partial charge on any atom is -0.376 e. The topological polar surface area (TPSA) is 75.7 Å². The zero-order valence-corrected chi connectivity index (χ0v) is 14.8. The number of carbonyl (C=O) groups excluding carboxylic acids is 3. The number of hydrogen-bond donors (Lipinski definition) is 1. The van der Waals surface area contributed by atoms with E-state index in [1.54, 1.807) is 18.2 Å². The molecule has 0 unspecified atom stereocenters. The van der Waals surface area contributed by atoms with Crippen LogP contribution in [0, 0.1) is 0 Å². The van der Waals surface area contributed by atoms with Crippen LogP contribution in [0.2, 0.25) is 0 Å². The molecule has 1 atom stereocenters. The predicted octanol–water partition coefficient (Wildman–Crippen LogP) is 2.52. The number of rotatable bonds is 4. The molecule has 1 aromatic rings. The summed E-state index contributed by atoms with van der Waals surface area (Å²) in [5.41, 5.74) is 1.18. The highest BCUT2D eigenvalue weighted by molar-refractivity contribution is 6.22. The van der Waals surface area contributed by atoms with E-state index in [1.165, 1.54) is 4.90 Å². The molecule has 1 N–H and O–H groups in total. The fraction of sp³-hybridized carbons (Fsp3) is 0.550. The van der Waals surface area contributed by atoms with Crippen LogP contribution >= 0.6 is 0 Å². The Morgan fingerprint density at radius 1 is 1.04 bits per heavy atom. The Morgan fingerprint density at radius 3 is 2.54 bits per heavy atom. The van der Waals surface area contributed by atoms with Crippen molar-refractivity contribution in [2.24, 2.45) is 0 Å². The Kier molecular flexibility index (Phi) is 4.76. The Balaban J connectivity index is 1.49. The number of fused-ring (bicyclic) bond motifs is 1. The number of benzene rings is 1. The van der Waals surface area contributed by atoms with E-state index in [-0.39, 0.29) is 29.9 Å². The van der Waals surface area contributed by atoms with Crippen molar-refractivity contribution in [3.8, 4) is 0 Å². The summed E-state index contributed by atoms with van der Waals surface area (Å²) in [6, 6.07) is 4.79. The molecule has 6 heteroatoms. The van der Waals surface area contributed by atoms with Gasteiger partial charge >= 0.3 is 0 Å². The van der Waals surface area contributed by atoms with Gasteiger partial charge in [-0.05, 0) is 43.9 Å². The summed E-state index contributed by atoms with van der Waals surface area (Å²) in [5.74, 6) is -0.714. The van der Waals surface area contributed by atoms with Crippen molar-refractivity contribution in [1.29, 1.82) is 0 Å². The Hall–Kier alpha value is -2.21. The van der Waals surface area contributed by atoms with Crippen LogP contribution in [0.1, 0.15) is 76.0 Å². The molecule has 2 fully saturated rings. The van der Waals surface area contributed by atoms with E-state index in [1.807, 2.05) is 0 Å². The summed E-state index contributed by atoms with van der Waals surface area (Å²) in [6.07, 6.45) is 7.05. The lowest BCUT2D eigenvalue weighted by atomic mass is 9.94. The van der Waals surface area contributed by atoms with E-state index in [9.17, 15) is 14.4 Å². The van der Waals surface area contributed by atoms with Gasteiger partial charge in [0.05, 0.1) is 17.2 Å². The highest BCUT2D eigenvalue weighted by Gasteiger charge is 2.40. The van der Waals surface area contributed by atoms with Crippen molar-refractivity contribution < 1.29 is 19.1 Å². The first-order chi connectivity index (χ1) is 12.6. The van der Waals surface area contributed by atoms with Crippen LogP contribution in [0.5, 0.6) is 0 Å². The van der Waals surface area contributed by atoms with Crippen molar-refractivity contribution in [3.05, 3.63) is 34.9 Å². The molecule has 3 aliphatic rings. The third-order valence-electron chi connectivity index (χ3n) is 5.63. The zero-order chi connectivity index (χ0) is 18.1. The minimum atomic E-state index is -0.259. The highest BCUT2D eigenvalue weighted by atomic mass is 16.5. The van der Waals surface area contributed by atoms with Gasteiger partial charge in [-0.15, -0.1) is 0 Å². The highest BCUT2D eigenvalue weighted by Crippen LogP contribution is 2.31. The molecule has 0 spiro atoms. The fourth-order valence-corrected chi connectivity index (χ4v) is 4.19. The maximum atomic E-state index is 12.8. The molecule has 1 aliphatic carbocycles. The maximum Gasteiger partial charge on any atom is 0.261 e. The van der Waals surface area contributed by atoms with Crippen LogP contribution in [-0.2, 0) is 4.74 Å². The molecule has 0 radical (unpaired) electrons. The van der Waals surface area contributed by atoms with Crippen molar-refractivity contribution in [1.82, 2.24) is 10.2 Å². The quantitative estimate of drug-likeness (QED) is 0.841. The summed E-state index contributed by atoms with van der Waals surface area (Å²) in [5, 5.41) is 2.86. The largest absolute Gasteiger partial charge is 0.376 e. The lowest BCUT2D eigenvalue weighted by molar-refractivity contribution is 0.0549. The second kappa shape index (κ2) is 7.19. The number of hydrogen-bond acceptors (Lipinski definition) is 4. The number of ether oxygens (including phenoxy) is 1. The monoisotopic (exact) mass is 356 g/mol. The molecule has 6 nitrogen and oxygen atoms in total. The first-order valence-electron chi connectivity index (χ1n) is 9.57. The van der Waals surface area contributed by atoms with Crippen molar-refractivity contribution in [2.75, 3.05) is 13.2 Å². The predicted molar refractivity (Wildman–Crippen MR) is 95.1 cm³/mol. The van der Waals surface area contributed by atoms with Crippen molar-refractivity contribution >= 4 is 17.7 Å². The molecular weight excluding hydrogens is 332 g/mol. The van der Waals surface area contributed by atoms with E-state index in [0.717, 1.165) is 51.6 Å². The summed E-state index contributed by atoms with van der Waals surface area (Å²) in [6.45, 7) is 1.21. The average molecular weight is 356 g/mol. The third kappa shape index (κ3) is 3.14. The number of amides is 3. The normalized spacial score (nSPS) is 23.4. The number of carbonyl (C=O) groups is 3. The molecular formula is C20H24N2O4. The van der Waals surface area contributed by atoms with E-state index < -0.39 is 0 Å². The Bertz CT molecular complexity index is 733. The summed E-state index contributed by atoms with van der Waals surface area (Å²) in [4.78, 5) is 39.3. The third-order valence-corrected chi connectivity index (χ3v) is 5.63. The summed E-state index contributed by atoms with van der Waals surface area (Å²) in [7, 11) is 0. The van der Waals surface area contributed by atoms with Gasteiger partial charge in [-0.2, -0.15) is 0 Å². The second-order valence-corrected chi connectivity index (χ2v) is 7.38.